The number of benzene rings is 1. The first kappa shape index (κ1) is 15.9. The molecule has 0 aliphatic carbocycles. The van der Waals surface area contributed by atoms with Crippen LogP contribution < -0.4 is 5.32 Å². The minimum atomic E-state index is -0.205. The first-order valence-electron chi connectivity index (χ1n) is 7.26. The lowest BCUT2D eigenvalue weighted by molar-refractivity contribution is 0.134. The van der Waals surface area contributed by atoms with Crippen LogP contribution in [0.4, 0.5) is 4.39 Å². The predicted molar refractivity (Wildman–Crippen MR) is 85.4 cm³/mol. The summed E-state index contributed by atoms with van der Waals surface area (Å²) >= 11 is 3.25. The van der Waals surface area contributed by atoms with Gasteiger partial charge in [-0.2, -0.15) is 0 Å². The molecule has 1 aliphatic heterocycles. The van der Waals surface area contributed by atoms with E-state index in [4.69, 9.17) is 0 Å². The van der Waals surface area contributed by atoms with Gasteiger partial charge < -0.3 is 10.2 Å². The van der Waals surface area contributed by atoms with Crippen molar-refractivity contribution in [2.24, 2.45) is 5.41 Å². The second-order valence-electron chi connectivity index (χ2n) is 6.39. The second-order valence-corrected chi connectivity index (χ2v) is 7.24. The van der Waals surface area contributed by atoms with Crippen LogP contribution in [0.1, 0.15) is 38.3 Å². The number of halogens is 2. The Balaban J connectivity index is 1.91. The van der Waals surface area contributed by atoms with Crippen molar-refractivity contribution in [2.75, 3.05) is 26.7 Å². The third-order valence-corrected chi connectivity index (χ3v) is 5.08. The normalized spacial score (nSPS) is 20.9. The zero-order chi connectivity index (χ0) is 14.8. The number of piperidine rings is 1. The first-order chi connectivity index (χ1) is 9.39. The maximum Gasteiger partial charge on any atom is 0.137 e. The van der Waals surface area contributed by atoms with Gasteiger partial charge in [0.15, 0.2) is 0 Å². The van der Waals surface area contributed by atoms with Gasteiger partial charge in [0.05, 0.1) is 4.47 Å². The van der Waals surface area contributed by atoms with Crippen molar-refractivity contribution >= 4 is 15.9 Å². The summed E-state index contributed by atoms with van der Waals surface area (Å²) in [6.07, 6.45) is 2.46. The Hall–Kier alpha value is -0.450. The topological polar surface area (TPSA) is 15.3 Å². The molecule has 1 saturated heterocycles. The van der Waals surface area contributed by atoms with E-state index in [-0.39, 0.29) is 11.9 Å². The maximum absolute atomic E-state index is 13.3. The van der Waals surface area contributed by atoms with Crippen molar-refractivity contribution in [2.45, 2.75) is 32.7 Å². The molecule has 0 amide bonds. The van der Waals surface area contributed by atoms with Gasteiger partial charge in [-0.15, -0.1) is 0 Å². The summed E-state index contributed by atoms with van der Waals surface area (Å²) in [5.41, 5.74) is 1.49. The minimum absolute atomic E-state index is 0.205. The third kappa shape index (κ3) is 4.03. The molecule has 1 aromatic rings. The quantitative estimate of drug-likeness (QED) is 0.890. The van der Waals surface area contributed by atoms with E-state index in [9.17, 15) is 4.39 Å². The van der Waals surface area contributed by atoms with Crippen molar-refractivity contribution < 1.29 is 4.39 Å². The molecule has 20 heavy (non-hydrogen) atoms. The molecule has 0 saturated carbocycles. The lowest BCUT2D eigenvalue weighted by Crippen LogP contribution is -2.42. The van der Waals surface area contributed by atoms with E-state index in [1.165, 1.54) is 32.0 Å². The van der Waals surface area contributed by atoms with E-state index in [0.717, 1.165) is 12.1 Å². The number of nitrogens with zero attached hydrogens (tertiary/aromatic N) is 1. The van der Waals surface area contributed by atoms with Crippen LogP contribution >= 0.6 is 15.9 Å². The summed E-state index contributed by atoms with van der Waals surface area (Å²) < 4.78 is 13.8. The van der Waals surface area contributed by atoms with Gasteiger partial charge in [-0.3, -0.25) is 0 Å². The van der Waals surface area contributed by atoms with Crippen LogP contribution in [0.2, 0.25) is 0 Å². The smallest absolute Gasteiger partial charge is 0.137 e. The standard InChI is InChI=1S/C16H24BrFN2/c1-12(13-4-5-15(18)14(17)10-13)19-11-16(2)6-8-20(3)9-7-16/h4-5,10,12,19H,6-9,11H2,1-3H3. The van der Waals surface area contributed by atoms with E-state index in [0.29, 0.717) is 9.89 Å². The molecule has 1 atom stereocenters. The molecule has 0 bridgehead atoms. The van der Waals surface area contributed by atoms with Gasteiger partial charge in [0.25, 0.3) is 0 Å². The largest absolute Gasteiger partial charge is 0.310 e. The molecule has 1 aliphatic rings. The zero-order valence-corrected chi connectivity index (χ0v) is 14.1. The van der Waals surface area contributed by atoms with Crippen LogP contribution in [0.25, 0.3) is 0 Å². The summed E-state index contributed by atoms with van der Waals surface area (Å²) in [4.78, 5) is 2.39. The molecule has 1 aromatic carbocycles. The second kappa shape index (κ2) is 6.54. The van der Waals surface area contributed by atoms with Gasteiger partial charge in [-0.25, -0.2) is 4.39 Å². The number of hydrogen-bond acceptors (Lipinski definition) is 2. The zero-order valence-electron chi connectivity index (χ0n) is 12.5. The van der Waals surface area contributed by atoms with Crippen molar-refractivity contribution in [1.29, 1.82) is 0 Å². The van der Waals surface area contributed by atoms with Crippen molar-refractivity contribution in [1.82, 2.24) is 10.2 Å². The van der Waals surface area contributed by atoms with Crippen LogP contribution in [0.5, 0.6) is 0 Å². The van der Waals surface area contributed by atoms with Gasteiger partial charge in [0.2, 0.25) is 0 Å². The summed E-state index contributed by atoms with van der Waals surface area (Å²) in [5, 5.41) is 3.61. The third-order valence-electron chi connectivity index (χ3n) is 4.47. The van der Waals surface area contributed by atoms with E-state index in [1.807, 2.05) is 12.1 Å². The predicted octanol–water partition coefficient (Wildman–Crippen LogP) is 3.97. The Morgan fingerprint density at radius 2 is 2.05 bits per heavy atom. The molecule has 4 heteroatoms. The van der Waals surface area contributed by atoms with Crippen molar-refractivity contribution in [3.63, 3.8) is 0 Å². The molecule has 0 aromatic heterocycles. The molecule has 1 heterocycles. The van der Waals surface area contributed by atoms with E-state index in [1.54, 1.807) is 0 Å². The Morgan fingerprint density at radius 3 is 2.65 bits per heavy atom. The van der Waals surface area contributed by atoms with Gasteiger partial charge >= 0.3 is 0 Å². The highest BCUT2D eigenvalue weighted by Gasteiger charge is 2.28. The van der Waals surface area contributed by atoms with Crippen LogP contribution in [0, 0.1) is 11.2 Å². The molecule has 2 rings (SSSR count). The fourth-order valence-electron chi connectivity index (χ4n) is 2.63. The van der Waals surface area contributed by atoms with Crippen molar-refractivity contribution in [3.05, 3.63) is 34.1 Å². The molecule has 2 nitrogen and oxygen atoms in total. The average Bonchev–Trinajstić information content (AvgIpc) is 2.43. The first-order valence-corrected chi connectivity index (χ1v) is 8.06. The van der Waals surface area contributed by atoms with E-state index in [2.05, 4.69) is 47.0 Å². The van der Waals surface area contributed by atoms with Crippen molar-refractivity contribution in [3.8, 4) is 0 Å². The lowest BCUT2D eigenvalue weighted by Gasteiger charge is -2.38. The molecular weight excluding hydrogens is 319 g/mol. The van der Waals surface area contributed by atoms with Gasteiger partial charge in [0, 0.05) is 12.6 Å². The fourth-order valence-corrected chi connectivity index (χ4v) is 3.03. The lowest BCUT2D eigenvalue weighted by atomic mass is 9.80. The molecule has 1 unspecified atom stereocenters. The highest BCUT2D eigenvalue weighted by Crippen LogP contribution is 2.30. The fraction of sp³-hybridized carbons (Fsp3) is 0.625. The molecule has 112 valence electrons. The summed E-state index contributed by atoms with van der Waals surface area (Å²) in [6.45, 7) is 7.86. The van der Waals surface area contributed by atoms with Gasteiger partial charge in [0.1, 0.15) is 5.82 Å². The molecule has 0 spiro atoms. The number of likely N-dealkylation sites (tertiary alicyclic amines) is 1. The minimum Gasteiger partial charge on any atom is -0.310 e. The molecule has 1 fully saturated rings. The maximum atomic E-state index is 13.3. The summed E-state index contributed by atoms with van der Waals surface area (Å²) in [7, 11) is 2.19. The molecular formula is C16H24BrFN2. The van der Waals surface area contributed by atoms with Crippen LogP contribution in [-0.4, -0.2) is 31.6 Å². The van der Waals surface area contributed by atoms with Crippen LogP contribution in [0.3, 0.4) is 0 Å². The number of rotatable bonds is 4. The molecule has 1 N–H and O–H groups in total. The highest BCUT2D eigenvalue weighted by molar-refractivity contribution is 9.10. The Labute approximate surface area is 129 Å². The van der Waals surface area contributed by atoms with Crippen LogP contribution in [0.15, 0.2) is 22.7 Å². The van der Waals surface area contributed by atoms with Gasteiger partial charge in [-0.1, -0.05) is 13.0 Å². The Morgan fingerprint density at radius 1 is 1.40 bits per heavy atom. The van der Waals surface area contributed by atoms with Gasteiger partial charge in [-0.05, 0) is 78.9 Å². The van der Waals surface area contributed by atoms with E-state index >= 15 is 0 Å². The summed E-state index contributed by atoms with van der Waals surface area (Å²) in [5.74, 6) is -0.205. The number of hydrogen-bond donors (Lipinski definition) is 1. The monoisotopic (exact) mass is 342 g/mol. The SMILES string of the molecule is CC(NCC1(C)CCN(C)CC1)c1ccc(F)c(Br)c1. The average molecular weight is 343 g/mol. The number of nitrogens with one attached hydrogen (secondary N) is 1. The van der Waals surface area contributed by atoms with Crippen LogP contribution in [-0.2, 0) is 0 Å². The Kier molecular flexibility index (Phi) is 5.21. The summed E-state index contributed by atoms with van der Waals surface area (Å²) in [6, 6.07) is 5.48. The highest BCUT2D eigenvalue weighted by atomic mass is 79.9. The van der Waals surface area contributed by atoms with E-state index < -0.39 is 0 Å². The Bertz CT molecular complexity index is 456. The molecule has 0 radical (unpaired) electrons.